The molecule has 2 aliphatic heterocycles. The topological polar surface area (TPSA) is 104 Å². The molecule has 2 N–H and O–H groups in total. The number of anilines is 1. The molecule has 0 bridgehead atoms. The van der Waals surface area contributed by atoms with Gasteiger partial charge in [-0.25, -0.2) is 14.6 Å². The average Bonchev–Trinajstić information content (AvgIpc) is 3.63. The minimum Gasteiger partial charge on any atom is -0.378 e. The number of hydrogen-bond acceptors (Lipinski definition) is 7. The number of ether oxygens (including phenoxy) is 1. The van der Waals surface area contributed by atoms with Crippen LogP contribution < -0.4 is 10.2 Å². The maximum atomic E-state index is 11.4. The van der Waals surface area contributed by atoms with Crippen LogP contribution in [0.4, 0.5) is 5.69 Å². The Morgan fingerprint density at radius 1 is 1.16 bits per heavy atom. The Labute approximate surface area is 215 Å². The van der Waals surface area contributed by atoms with Crippen molar-refractivity contribution < 1.29 is 9.53 Å². The zero-order chi connectivity index (χ0) is 25.4. The second kappa shape index (κ2) is 9.95. The zero-order valence-electron chi connectivity index (χ0n) is 21.3. The van der Waals surface area contributed by atoms with Crippen molar-refractivity contribution in [3.8, 4) is 17.1 Å². The monoisotopic (exact) mass is 500 g/mol. The number of likely N-dealkylation sites (tertiary alicyclic amines) is 1. The molecule has 10 heteroatoms. The van der Waals surface area contributed by atoms with Gasteiger partial charge < -0.3 is 19.9 Å². The molecule has 0 aliphatic carbocycles. The molecule has 192 valence electrons. The van der Waals surface area contributed by atoms with Gasteiger partial charge >= 0.3 is 0 Å². The third-order valence-electron chi connectivity index (χ3n) is 7.02. The number of morpholine rings is 1. The molecule has 2 fully saturated rings. The van der Waals surface area contributed by atoms with Crippen molar-refractivity contribution in [2.45, 2.75) is 32.9 Å². The molecule has 37 heavy (non-hydrogen) atoms. The molecule has 2 aliphatic rings. The van der Waals surface area contributed by atoms with Crippen LogP contribution in [0, 0.1) is 6.92 Å². The molecule has 1 amide bonds. The van der Waals surface area contributed by atoms with Crippen LogP contribution in [0.5, 0.6) is 0 Å². The van der Waals surface area contributed by atoms with Crippen LogP contribution in [0.25, 0.3) is 28.2 Å². The molecule has 4 aromatic rings. The van der Waals surface area contributed by atoms with Crippen molar-refractivity contribution in [3.63, 3.8) is 0 Å². The van der Waals surface area contributed by atoms with E-state index in [-0.39, 0.29) is 11.9 Å². The van der Waals surface area contributed by atoms with Gasteiger partial charge in [0, 0.05) is 57.0 Å². The number of carbonyl (C=O) groups is 1. The zero-order valence-corrected chi connectivity index (χ0v) is 21.3. The van der Waals surface area contributed by atoms with E-state index >= 15 is 0 Å². The summed E-state index contributed by atoms with van der Waals surface area (Å²) in [6.07, 6.45) is 2.90. The van der Waals surface area contributed by atoms with Gasteiger partial charge in [-0.3, -0.25) is 9.69 Å². The van der Waals surface area contributed by atoms with Gasteiger partial charge in [0.15, 0.2) is 11.5 Å². The Balaban J connectivity index is 1.32. The van der Waals surface area contributed by atoms with Gasteiger partial charge in [-0.1, -0.05) is 23.8 Å². The highest BCUT2D eigenvalue weighted by Gasteiger charge is 2.25. The number of fused-ring (bicyclic) bond motifs is 1. The lowest BCUT2D eigenvalue weighted by Crippen LogP contribution is -2.36. The minimum absolute atomic E-state index is 0.0200. The normalized spacial score (nSPS) is 18.5. The number of hydrogen-bond donors (Lipinski definition) is 2. The summed E-state index contributed by atoms with van der Waals surface area (Å²) in [6, 6.07) is 12.6. The van der Waals surface area contributed by atoms with Crippen molar-refractivity contribution in [1.29, 1.82) is 0 Å². The maximum absolute atomic E-state index is 11.4. The first kappa shape index (κ1) is 23.6. The molecule has 1 atom stereocenters. The number of nitrogens with one attached hydrogen (secondary N) is 2. The fraction of sp³-hybridized carbons (Fsp3) is 0.407. The number of rotatable bonds is 6. The number of nitrogens with zero attached hydrogens (tertiary/aromatic N) is 6. The average molecular weight is 501 g/mol. The Bertz CT molecular complexity index is 1420. The first-order valence-electron chi connectivity index (χ1n) is 12.9. The number of carbonyl (C=O) groups excluding carboxylic acids is 1. The molecule has 1 unspecified atom stereocenters. The molecule has 0 spiro atoms. The predicted octanol–water partition coefficient (Wildman–Crippen LogP) is 2.67. The standard InChI is InChI=1S/C27H32N8O2/c1-18-4-3-5-20(14-18)22-7-9-35(32-22)25-15-23(34-10-12-37-13-11-34)26-27(31-25)30-24(29-26)17-33-8-6-21(16-33)28-19(2)36/h3-5,7,9,14-15,21H,6,8,10-13,16-17H2,1-2H3,(H,28,36)(H,29,30,31). The smallest absolute Gasteiger partial charge is 0.217 e. The summed E-state index contributed by atoms with van der Waals surface area (Å²) in [5, 5.41) is 7.86. The Morgan fingerprint density at radius 2 is 2.03 bits per heavy atom. The van der Waals surface area contributed by atoms with E-state index in [1.54, 1.807) is 6.92 Å². The van der Waals surface area contributed by atoms with Crippen LogP contribution in [0.2, 0.25) is 0 Å². The highest BCUT2D eigenvalue weighted by atomic mass is 16.5. The largest absolute Gasteiger partial charge is 0.378 e. The number of pyridine rings is 1. The summed E-state index contributed by atoms with van der Waals surface area (Å²) in [5.41, 5.74) is 5.87. The van der Waals surface area contributed by atoms with Crippen LogP contribution in [-0.4, -0.2) is 81.0 Å². The summed E-state index contributed by atoms with van der Waals surface area (Å²) < 4.78 is 7.43. The van der Waals surface area contributed by atoms with E-state index < -0.39 is 0 Å². The lowest BCUT2D eigenvalue weighted by atomic mass is 10.1. The molecular formula is C27H32N8O2. The minimum atomic E-state index is 0.0200. The molecule has 6 rings (SSSR count). The number of H-pyrrole nitrogens is 1. The molecule has 2 saturated heterocycles. The van der Waals surface area contributed by atoms with Gasteiger partial charge in [0.25, 0.3) is 0 Å². The molecule has 1 aromatic carbocycles. The first-order chi connectivity index (χ1) is 18.0. The van der Waals surface area contributed by atoms with Crippen LogP contribution in [0.1, 0.15) is 24.7 Å². The summed E-state index contributed by atoms with van der Waals surface area (Å²) in [7, 11) is 0. The Kier molecular flexibility index (Phi) is 6.35. The van der Waals surface area contributed by atoms with E-state index in [1.807, 2.05) is 16.9 Å². The molecule has 3 aromatic heterocycles. The summed E-state index contributed by atoms with van der Waals surface area (Å²) in [4.78, 5) is 29.4. The van der Waals surface area contributed by atoms with Crippen LogP contribution in [0.3, 0.4) is 0 Å². The van der Waals surface area contributed by atoms with E-state index in [0.29, 0.717) is 25.4 Å². The summed E-state index contributed by atoms with van der Waals surface area (Å²) in [5.74, 6) is 1.63. The van der Waals surface area contributed by atoms with Crippen molar-refractivity contribution in [2.24, 2.45) is 0 Å². The van der Waals surface area contributed by atoms with Gasteiger partial charge in [-0.05, 0) is 25.5 Å². The summed E-state index contributed by atoms with van der Waals surface area (Å²) in [6.45, 7) is 9.09. The number of aromatic amines is 1. The fourth-order valence-electron chi connectivity index (χ4n) is 5.26. The molecule has 5 heterocycles. The lowest BCUT2D eigenvalue weighted by molar-refractivity contribution is -0.119. The molecule has 0 radical (unpaired) electrons. The number of amides is 1. The second-order valence-electron chi connectivity index (χ2n) is 9.92. The SMILES string of the molecule is CC(=O)NC1CCN(Cc2nc3nc(-n4ccc(-c5cccc(C)c5)n4)cc(N4CCOCC4)c3[nH]2)C1. The van der Waals surface area contributed by atoms with Crippen LogP contribution >= 0.6 is 0 Å². The Hall–Kier alpha value is -3.76. The van der Waals surface area contributed by atoms with Gasteiger partial charge in [0.1, 0.15) is 11.3 Å². The summed E-state index contributed by atoms with van der Waals surface area (Å²) >= 11 is 0. The van der Waals surface area contributed by atoms with Crippen molar-refractivity contribution >= 4 is 22.8 Å². The second-order valence-corrected chi connectivity index (χ2v) is 9.92. The van der Waals surface area contributed by atoms with E-state index in [0.717, 1.165) is 66.7 Å². The van der Waals surface area contributed by atoms with Crippen LogP contribution in [0.15, 0.2) is 42.6 Å². The Morgan fingerprint density at radius 3 is 2.84 bits per heavy atom. The maximum Gasteiger partial charge on any atom is 0.217 e. The lowest BCUT2D eigenvalue weighted by Gasteiger charge is -2.29. The van der Waals surface area contributed by atoms with E-state index in [1.165, 1.54) is 5.56 Å². The van der Waals surface area contributed by atoms with E-state index in [4.69, 9.17) is 19.8 Å². The van der Waals surface area contributed by atoms with Crippen LogP contribution in [-0.2, 0) is 16.1 Å². The van der Waals surface area contributed by atoms with E-state index in [2.05, 4.69) is 57.4 Å². The third kappa shape index (κ3) is 5.07. The van der Waals surface area contributed by atoms with Crippen molar-refractivity contribution in [2.75, 3.05) is 44.3 Å². The van der Waals surface area contributed by atoms with Crippen molar-refractivity contribution in [3.05, 3.63) is 54.0 Å². The van der Waals surface area contributed by atoms with Gasteiger partial charge in [0.05, 0.1) is 31.1 Å². The molecule has 10 nitrogen and oxygen atoms in total. The number of benzene rings is 1. The number of aryl methyl sites for hydroxylation is 1. The fourth-order valence-corrected chi connectivity index (χ4v) is 5.26. The highest BCUT2D eigenvalue weighted by Crippen LogP contribution is 2.29. The predicted molar refractivity (Wildman–Crippen MR) is 142 cm³/mol. The van der Waals surface area contributed by atoms with Gasteiger partial charge in [0.2, 0.25) is 5.91 Å². The molecular weight excluding hydrogens is 468 g/mol. The number of imidazole rings is 1. The third-order valence-corrected chi connectivity index (χ3v) is 7.02. The van der Waals surface area contributed by atoms with E-state index in [9.17, 15) is 4.79 Å². The van der Waals surface area contributed by atoms with Crippen molar-refractivity contribution in [1.82, 2.24) is 34.9 Å². The van der Waals surface area contributed by atoms with Gasteiger partial charge in [-0.2, -0.15) is 5.10 Å². The van der Waals surface area contributed by atoms with Gasteiger partial charge in [-0.15, -0.1) is 0 Å². The highest BCUT2D eigenvalue weighted by molar-refractivity contribution is 5.87. The quantitative estimate of drug-likeness (QED) is 0.419. The molecule has 0 saturated carbocycles. The number of aromatic nitrogens is 5. The first-order valence-corrected chi connectivity index (χ1v) is 12.9.